The lowest BCUT2D eigenvalue weighted by atomic mass is 9.92. The van der Waals surface area contributed by atoms with Crippen LogP contribution in [0.25, 0.3) is 22.5 Å². The summed E-state index contributed by atoms with van der Waals surface area (Å²) in [5.74, 6) is 0.589. The average Bonchev–Trinajstić information content (AvgIpc) is 3.49. The van der Waals surface area contributed by atoms with E-state index in [9.17, 15) is 4.79 Å². The van der Waals surface area contributed by atoms with Gasteiger partial charge in [0.25, 0.3) is 0 Å². The highest BCUT2D eigenvalue weighted by Gasteiger charge is 2.22. The van der Waals surface area contributed by atoms with Crippen LogP contribution < -0.4 is 5.32 Å². The minimum Gasteiger partial charge on any atom is -0.310 e. The number of nitrogens with one attached hydrogen (secondary N) is 1. The fourth-order valence-electron chi connectivity index (χ4n) is 4.22. The topological polar surface area (TPSA) is 77.6 Å². The van der Waals surface area contributed by atoms with E-state index in [1.54, 1.807) is 12.5 Å². The molecule has 7 nitrogen and oxygen atoms in total. The summed E-state index contributed by atoms with van der Waals surface area (Å²) in [4.78, 5) is 21.9. The molecule has 1 N–H and O–H groups in total. The van der Waals surface area contributed by atoms with Crippen molar-refractivity contribution in [3.63, 3.8) is 0 Å². The Morgan fingerprint density at radius 3 is 2.50 bits per heavy atom. The van der Waals surface area contributed by atoms with E-state index in [2.05, 4.69) is 49.0 Å². The van der Waals surface area contributed by atoms with Crippen molar-refractivity contribution in [2.75, 3.05) is 5.32 Å². The molecule has 1 amide bonds. The summed E-state index contributed by atoms with van der Waals surface area (Å²) in [7, 11) is 0. The van der Waals surface area contributed by atoms with Crippen molar-refractivity contribution in [1.82, 2.24) is 24.3 Å². The fourth-order valence-corrected chi connectivity index (χ4v) is 4.22. The van der Waals surface area contributed by atoms with Crippen LogP contribution in [0.3, 0.4) is 0 Å². The lowest BCUT2D eigenvalue weighted by Gasteiger charge is -2.14. The summed E-state index contributed by atoms with van der Waals surface area (Å²) < 4.78 is 3.80. The van der Waals surface area contributed by atoms with E-state index in [0.29, 0.717) is 5.82 Å². The van der Waals surface area contributed by atoms with Gasteiger partial charge in [-0.15, -0.1) is 0 Å². The lowest BCUT2D eigenvalue weighted by Crippen LogP contribution is -2.17. The summed E-state index contributed by atoms with van der Waals surface area (Å²) in [6.07, 6.45) is 4.66. The highest BCUT2D eigenvalue weighted by Crippen LogP contribution is 2.28. The van der Waals surface area contributed by atoms with Crippen molar-refractivity contribution in [2.24, 2.45) is 0 Å². The quantitative estimate of drug-likeness (QED) is 0.342. The van der Waals surface area contributed by atoms with Gasteiger partial charge in [-0.2, -0.15) is 5.10 Å². The number of benzene rings is 2. The Balaban J connectivity index is 1.38. The van der Waals surface area contributed by atoms with Gasteiger partial charge < -0.3 is 5.32 Å². The third kappa shape index (κ3) is 4.64. The third-order valence-corrected chi connectivity index (χ3v) is 6.23. The SMILES string of the molecule is CCc1ccccc1-n1nc(C(C)(C)C)cc1NC(=O)Cc1ccc(-n2cnc3cccnc32)cc1. The van der Waals surface area contributed by atoms with Crippen LogP contribution in [0, 0.1) is 0 Å². The number of hydrogen-bond donors (Lipinski definition) is 1. The molecule has 0 saturated heterocycles. The molecule has 36 heavy (non-hydrogen) atoms. The minimum absolute atomic E-state index is 0.0897. The van der Waals surface area contributed by atoms with Gasteiger partial charge in [-0.1, -0.05) is 58.0 Å². The number of imidazole rings is 1. The smallest absolute Gasteiger partial charge is 0.229 e. The number of aromatic nitrogens is 5. The third-order valence-electron chi connectivity index (χ3n) is 6.23. The maximum Gasteiger partial charge on any atom is 0.229 e. The molecule has 5 aromatic rings. The van der Waals surface area contributed by atoms with Crippen molar-refractivity contribution in [3.05, 3.63) is 96.1 Å². The molecule has 0 atom stereocenters. The van der Waals surface area contributed by atoms with Crippen molar-refractivity contribution < 1.29 is 4.79 Å². The van der Waals surface area contributed by atoms with Gasteiger partial charge in [-0.25, -0.2) is 14.6 Å². The number of anilines is 1. The van der Waals surface area contributed by atoms with Gasteiger partial charge in [0.1, 0.15) is 17.7 Å². The standard InChI is InChI=1S/C29H30N6O/c1-5-21-9-6-7-11-24(21)35-26(18-25(33-35)29(2,3)4)32-27(36)17-20-12-14-22(15-13-20)34-19-31-23-10-8-16-30-28(23)34/h6-16,18-19H,5,17H2,1-4H3,(H,32,36). The van der Waals surface area contributed by atoms with E-state index in [4.69, 9.17) is 5.10 Å². The normalized spacial score (nSPS) is 11.7. The molecule has 182 valence electrons. The van der Waals surface area contributed by atoms with Crippen LogP contribution in [0.2, 0.25) is 0 Å². The lowest BCUT2D eigenvalue weighted by molar-refractivity contribution is -0.115. The molecule has 2 aromatic carbocycles. The number of hydrogen-bond acceptors (Lipinski definition) is 4. The molecule has 0 unspecified atom stereocenters. The summed E-state index contributed by atoms with van der Waals surface area (Å²) in [5.41, 5.74) is 6.46. The predicted octanol–water partition coefficient (Wildman–Crippen LogP) is 5.65. The number of rotatable bonds is 6. The van der Waals surface area contributed by atoms with E-state index in [1.165, 1.54) is 5.56 Å². The Morgan fingerprint density at radius 1 is 0.972 bits per heavy atom. The summed E-state index contributed by atoms with van der Waals surface area (Å²) in [6, 6.07) is 21.9. The summed E-state index contributed by atoms with van der Waals surface area (Å²) in [6.45, 7) is 8.49. The Morgan fingerprint density at radius 2 is 1.75 bits per heavy atom. The largest absolute Gasteiger partial charge is 0.310 e. The second-order valence-corrected chi connectivity index (χ2v) is 9.91. The number of carbonyl (C=O) groups excluding carboxylic acids is 1. The first kappa shape index (κ1) is 23.5. The van der Waals surface area contributed by atoms with Crippen LogP contribution in [0.15, 0.2) is 79.3 Å². The first-order valence-corrected chi connectivity index (χ1v) is 12.2. The van der Waals surface area contributed by atoms with Crippen molar-refractivity contribution in [2.45, 2.75) is 46.0 Å². The van der Waals surface area contributed by atoms with E-state index < -0.39 is 0 Å². The number of para-hydroxylation sites is 1. The van der Waals surface area contributed by atoms with Crippen LogP contribution in [-0.4, -0.2) is 30.2 Å². The molecule has 0 aliphatic heterocycles. The molecule has 0 aliphatic carbocycles. The molecule has 3 aromatic heterocycles. The van der Waals surface area contributed by atoms with Crippen LogP contribution >= 0.6 is 0 Å². The van der Waals surface area contributed by atoms with Crippen molar-refractivity contribution >= 4 is 22.9 Å². The van der Waals surface area contributed by atoms with Gasteiger partial charge in [0.15, 0.2) is 5.65 Å². The van der Waals surface area contributed by atoms with Crippen molar-refractivity contribution in [1.29, 1.82) is 0 Å². The Bertz CT molecular complexity index is 1520. The van der Waals surface area contributed by atoms with Crippen LogP contribution in [-0.2, 0) is 23.1 Å². The van der Waals surface area contributed by atoms with Gasteiger partial charge in [-0.3, -0.25) is 9.36 Å². The molecule has 0 saturated carbocycles. The first-order valence-electron chi connectivity index (χ1n) is 12.2. The zero-order valence-corrected chi connectivity index (χ0v) is 21.1. The number of carbonyl (C=O) groups is 1. The number of pyridine rings is 1. The summed E-state index contributed by atoms with van der Waals surface area (Å²) >= 11 is 0. The zero-order valence-electron chi connectivity index (χ0n) is 21.1. The second-order valence-electron chi connectivity index (χ2n) is 9.91. The first-order chi connectivity index (χ1) is 17.3. The molecule has 3 heterocycles. The van der Waals surface area contributed by atoms with Gasteiger partial charge in [0.05, 0.1) is 17.8 Å². The maximum absolute atomic E-state index is 13.1. The highest BCUT2D eigenvalue weighted by atomic mass is 16.1. The van der Waals surface area contributed by atoms with E-state index in [0.717, 1.165) is 40.2 Å². The van der Waals surface area contributed by atoms with E-state index in [1.807, 2.05) is 69.9 Å². The maximum atomic E-state index is 13.1. The molecule has 5 rings (SSSR count). The monoisotopic (exact) mass is 478 g/mol. The Kier molecular flexibility index (Phi) is 6.14. The zero-order chi connectivity index (χ0) is 25.3. The predicted molar refractivity (Wildman–Crippen MR) is 143 cm³/mol. The van der Waals surface area contributed by atoms with Crippen molar-refractivity contribution in [3.8, 4) is 11.4 Å². The second kappa shape index (κ2) is 9.41. The van der Waals surface area contributed by atoms with Gasteiger partial charge in [0, 0.05) is 23.4 Å². The molecular weight excluding hydrogens is 448 g/mol. The molecule has 0 radical (unpaired) electrons. The summed E-state index contributed by atoms with van der Waals surface area (Å²) in [5, 5.41) is 7.98. The Labute approximate surface area is 210 Å². The average molecular weight is 479 g/mol. The van der Waals surface area contributed by atoms with Gasteiger partial charge >= 0.3 is 0 Å². The van der Waals surface area contributed by atoms with Gasteiger partial charge in [0.2, 0.25) is 5.91 Å². The number of amides is 1. The number of aryl methyl sites for hydroxylation is 1. The fraction of sp³-hybridized carbons (Fsp3) is 0.241. The molecule has 0 aliphatic rings. The molecule has 0 spiro atoms. The van der Waals surface area contributed by atoms with E-state index >= 15 is 0 Å². The van der Waals surface area contributed by atoms with Crippen LogP contribution in [0.1, 0.15) is 44.5 Å². The molecular formula is C29H30N6O. The molecule has 0 fully saturated rings. The van der Waals surface area contributed by atoms with Crippen LogP contribution in [0.5, 0.6) is 0 Å². The number of nitrogens with zero attached hydrogens (tertiary/aromatic N) is 5. The minimum atomic E-state index is -0.145. The molecule has 0 bridgehead atoms. The highest BCUT2D eigenvalue weighted by molar-refractivity contribution is 5.92. The van der Waals surface area contributed by atoms with Gasteiger partial charge in [-0.05, 0) is 47.9 Å². The molecule has 7 heteroatoms. The number of fused-ring (bicyclic) bond motifs is 1. The van der Waals surface area contributed by atoms with Crippen LogP contribution in [0.4, 0.5) is 5.82 Å². The Hall–Kier alpha value is -4.26. The van der Waals surface area contributed by atoms with E-state index in [-0.39, 0.29) is 17.7 Å².